The van der Waals surface area contributed by atoms with Crippen LogP contribution in [0.2, 0.25) is 0 Å². The lowest BCUT2D eigenvalue weighted by Crippen LogP contribution is -2.22. The zero-order valence-corrected chi connectivity index (χ0v) is 11.5. The number of thioether (sulfide) groups is 1. The van der Waals surface area contributed by atoms with Crippen molar-refractivity contribution in [1.82, 2.24) is 10.3 Å². The first-order chi connectivity index (χ1) is 8.79. The average molecular weight is 262 g/mol. The number of benzene rings is 1. The van der Waals surface area contributed by atoms with Gasteiger partial charge >= 0.3 is 0 Å². The molecule has 18 heavy (non-hydrogen) atoms. The van der Waals surface area contributed by atoms with E-state index in [9.17, 15) is 0 Å². The first-order valence-corrected chi connectivity index (χ1v) is 7.11. The van der Waals surface area contributed by atoms with Gasteiger partial charge in [-0.15, -0.1) is 0 Å². The maximum absolute atomic E-state index is 5.35. The fraction of sp³-hybridized carbons (Fsp3) is 0.357. The molecule has 1 heterocycles. The van der Waals surface area contributed by atoms with Crippen molar-refractivity contribution in [3.8, 4) is 0 Å². The number of nitrogens with one attached hydrogen (secondary N) is 1. The van der Waals surface area contributed by atoms with Crippen molar-refractivity contribution in [3.05, 3.63) is 47.9 Å². The molecule has 1 N–H and O–H groups in total. The quantitative estimate of drug-likeness (QED) is 0.809. The molecule has 0 aliphatic carbocycles. The lowest BCUT2D eigenvalue weighted by Gasteiger charge is -2.16. The van der Waals surface area contributed by atoms with Crippen molar-refractivity contribution in [2.75, 3.05) is 12.3 Å². The largest absolute Gasteiger partial charge is 0.440 e. The van der Waals surface area contributed by atoms with E-state index in [0.717, 1.165) is 23.2 Å². The van der Waals surface area contributed by atoms with Crippen LogP contribution >= 0.6 is 11.8 Å². The highest BCUT2D eigenvalue weighted by Gasteiger charge is 2.12. The summed E-state index contributed by atoms with van der Waals surface area (Å²) in [6.45, 7) is 5.01. The summed E-state index contributed by atoms with van der Waals surface area (Å²) in [5, 5.41) is 4.23. The molecule has 0 radical (unpaired) electrons. The smallest absolute Gasteiger partial charge is 0.255 e. The maximum atomic E-state index is 5.35. The van der Waals surface area contributed by atoms with Gasteiger partial charge in [-0.3, -0.25) is 0 Å². The molecule has 0 aliphatic heterocycles. The molecule has 1 atom stereocenters. The Morgan fingerprint density at radius 2 is 2.11 bits per heavy atom. The van der Waals surface area contributed by atoms with Crippen LogP contribution in [0, 0.1) is 6.92 Å². The van der Waals surface area contributed by atoms with Crippen molar-refractivity contribution in [3.63, 3.8) is 0 Å². The van der Waals surface area contributed by atoms with Gasteiger partial charge < -0.3 is 9.73 Å². The van der Waals surface area contributed by atoms with E-state index >= 15 is 0 Å². The van der Waals surface area contributed by atoms with E-state index in [1.807, 2.05) is 13.0 Å². The normalized spacial score (nSPS) is 12.6. The number of nitrogens with zero attached hydrogens (tertiary/aromatic N) is 1. The Hall–Kier alpha value is -1.26. The summed E-state index contributed by atoms with van der Waals surface area (Å²) in [5.41, 5.74) is 2.23. The van der Waals surface area contributed by atoms with Crippen molar-refractivity contribution in [1.29, 1.82) is 0 Å². The van der Waals surface area contributed by atoms with Gasteiger partial charge in [-0.25, -0.2) is 4.98 Å². The summed E-state index contributed by atoms with van der Waals surface area (Å²) in [6, 6.07) is 10.8. The summed E-state index contributed by atoms with van der Waals surface area (Å²) in [7, 11) is 0. The molecule has 3 nitrogen and oxygen atoms in total. The van der Waals surface area contributed by atoms with Crippen LogP contribution in [0.1, 0.15) is 24.2 Å². The second-order valence-corrected chi connectivity index (χ2v) is 5.06. The third-order valence-electron chi connectivity index (χ3n) is 2.62. The van der Waals surface area contributed by atoms with Crippen molar-refractivity contribution >= 4 is 11.8 Å². The molecule has 2 aromatic rings. The van der Waals surface area contributed by atoms with Gasteiger partial charge in [-0.05, 0) is 19.0 Å². The Morgan fingerprint density at radius 1 is 1.33 bits per heavy atom. The maximum Gasteiger partial charge on any atom is 0.255 e. The van der Waals surface area contributed by atoms with Crippen molar-refractivity contribution < 1.29 is 4.42 Å². The molecule has 0 fully saturated rings. The zero-order valence-electron chi connectivity index (χ0n) is 10.7. The average Bonchev–Trinajstić information content (AvgIpc) is 2.81. The molecule has 0 bridgehead atoms. The number of hydrogen-bond acceptors (Lipinski definition) is 4. The lowest BCUT2D eigenvalue weighted by atomic mass is 10.1. The van der Waals surface area contributed by atoms with Gasteiger partial charge in [0.05, 0.1) is 5.69 Å². The zero-order chi connectivity index (χ0) is 12.8. The third-order valence-corrected chi connectivity index (χ3v) is 3.56. The van der Waals surface area contributed by atoms with Crippen LogP contribution in [0.5, 0.6) is 0 Å². The topological polar surface area (TPSA) is 38.1 Å². The van der Waals surface area contributed by atoms with Gasteiger partial charge in [-0.2, -0.15) is 0 Å². The Bertz CT molecular complexity index is 470. The molecular formula is C14H18N2OS. The molecule has 96 valence electrons. The summed E-state index contributed by atoms with van der Waals surface area (Å²) < 4.78 is 5.35. The molecular weight excluding hydrogens is 244 g/mol. The van der Waals surface area contributed by atoms with Gasteiger partial charge in [0, 0.05) is 11.8 Å². The molecule has 1 aromatic heterocycles. The molecule has 0 saturated heterocycles. The fourth-order valence-electron chi connectivity index (χ4n) is 1.76. The van der Waals surface area contributed by atoms with Crippen LogP contribution in [-0.2, 0) is 0 Å². The molecule has 1 unspecified atom stereocenters. The molecule has 0 spiro atoms. The van der Waals surface area contributed by atoms with Crippen LogP contribution in [0.4, 0.5) is 0 Å². The van der Waals surface area contributed by atoms with E-state index in [1.165, 1.54) is 5.56 Å². The number of aryl methyl sites for hydroxylation is 1. The van der Waals surface area contributed by atoms with E-state index in [2.05, 4.69) is 41.5 Å². The first kappa shape index (κ1) is 13.2. The molecule has 0 aliphatic rings. The van der Waals surface area contributed by atoms with Gasteiger partial charge in [-0.1, -0.05) is 49.0 Å². The molecule has 2 rings (SSSR count). The van der Waals surface area contributed by atoms with Crippen molar-refractivity contribution in [2.24, 2.45) is 0 Å². The van der Waals surface area contributed by atoms with Gasteiger partial charge in [0.1, 0.15) is 6.26 Å². The highest BCUT2D eigenvalue weighted by Crippen LogP contribution is 2.24. The highest BCUT2D eigenvalue weighted by molar-refractivity contribution is 7.99. The molecule has 0 amide bonds. The van der Waals surface area contributed by atoms with E-state index in [0.29, 0.717) is 6.04 Å². The van der Waals surface area contributed by atoms with E-state index in [-0.39, 0.29) is 0 Å². The van der Waals surface area contributed by atoms with Gasteiger partial charge in [0.15, 0.2) is 0 Å². The Balaban J connectivity index is 1.98. The Labute approximate surface area is 112 Å². The Kier molecular flexibility index (Phi) is 4.84. The number of oxazole rings is 1. The second kappa shape index (κ2) is 6.61. The summed E-state index contributed by atoms with van der Waals surface area (Å²) in [4.78, 5) is 4.30. The lowest BCUT2D eigenvalue weighted by molar-refractivity contribution is 0.453. The minimum atomic E-state index is 0.327. The van der Waals surface area contributed by atoms with Crippen LogP contribution in [-0.4, -0.2) is 17.3 Å². The van der Waals surface area contributed by atoms with E-state index in [4.69, 9.17) is 4.42 Å². The molecule has 1 aromatic carbocycles. The third kappa shape index (κ3) is 3.62. The summed E-state index contributed by atoms with van der Waals surface area (Å²) >= 11 is 1.64. The monoisotopic (exact) mass is 262 g/mol. The van der Waals surface area contributed by atoms with Crippen molar-refractivity contribution in [2.45, 2.75) is 25.1 Å². The van der Waals surface area contributed by atoms with Gasteiger partial charge in [0.2, 0.25) is 0 Å². The SMILES string of the molecule is CCNC(CSc1nc(C)co1)c1ccccc1. The standard InChI is InChI=1S/C14H18N2OS/c1-3-15-13(12-7-5-4-6-8-12)10-18-14-16-11(2)9-17-14/h4-9,13,15H,3,10H2,1-2H3. The second-order valence-electron chi connectivity index (χ2n) is 4.09. The predicted octanol–water partition coefficient (Wildman–Crippen LogP) is 3.43. The summed E-state index contributed by atoms with van der Waals surface area (Å²) in [6.07, 6.45) is 1.69. The number of rotatable bonds is 6. The molecule has 4 heteroatoms. The van der Waals surface area contributed by atoms with Gasteiger partial charge in [0.25, 0.3) is 5.22 Å². The first-order valence-electron chi connectivity index (χ1n) is 6.13. The highest BCUT2D eigenvalue weighted by atomic mass is 32.2. The van der Waals surface area contributed by atoms with Crippen LogP contribution in [0.25, 0.3) is 0 Å². The van der Waals surface area contributed by atoms with Crippen LogP contribution < -0.4 is 5.32 Å². The van der Waals surface area contributed by atoms with Crippen LogP contribution in [0.3, 0.4) is 0 Å². The van der Waals surface area contributed by atoms with E-state index < -0.39 is 0 Å². The number of aromatic nitrogens is 1. The fourth-order valence-corrected chi connectivity index (χ4v) is 2.70. The van der Waals surface area contributed by atoms with E-state index in [1.54, 1.807) is 18.0 Å². The minimum Gasteiger partial charge on any atom is -0.440 e. The van der Waals surface area contributed by atoms with Crippen LogP contribution in [0.15, 0.2) is 46.2 Å². The number of hydrogen-bond donors (Lipinski definition) is 1. The molecule has 0 saturated carbocycles. The minimum absolute atomic E-state index is 0.327. The summed E-state index contributed by atoms with van der Waals surface area (Å²) in [5.74, 6) is 0.914. The Morgan fingerprint density at radius 3 is 2.72 bits per heavy atom. The predicted molar refractivity (Wildman–Crippen MR) is 74.8 cm³/mol.